The number of halogens is 1. The molecule has 11 heteroatoms. The van der Waals surface area contributed by atoms with Crippen molar-refractivity contribution in [3.05, 3.63) is 0 Å². The van der Waals surface area contributed by atoms with E-state index in [0.29, 0.717) is 20.8 Å². The smallest absolute Gasteiger partial charge is 0.213 e. The third-order valence-electron chi connectivity index (χ3n) is 4.43. The highest BCUT2D eigenvalue weighted by Crippen LogP contribution is 2.46. The molecule has 0 radical (unpaired) electrons. The van der Waals surface area contributed by atoms with E-state index in [1.54, 1.807) is 0 Å². The molecule has 0 aromatic carbocycles. The van der Waals surface area contributed by atoms with Crippen LogP contribution < -0.4 is 0 Å². The summed E-state index contributed by atoms with van der Waals surface area (Å²) in [6.07, 6.45) is -7.16. The number of rotatable bonds is 5. The standard InChI is InChI=1S/C14H20O10.BrH/c1-5(15)9(19)10-12(21,6(2)16)14(23,8(4)18)13(22,7(3)17)11(20)24-10;/h9-11,19-23H,1-4H3;1H/t9?,10-,11+,12-,13-,14+;/m1./s1. The summed E-state index contributed by atoms with van der Waals surface area (Å²) in [6.45, 7) is 2.88. The Hall–Kier alpha value is -1.08. The van der Waals surface area contributed by atoms with Crippen LogP contribution >= 0.6 is 17.0 Å². The molecular formula is C14H21BrO10. The minimum absolute atomic E-state index is 0. The van der Waals surface area contributed by atoms with Crippen LogP contribution in [0.3, 0.4) is 0 Å². The van der Waals surface area contributed by atoms with Crippen LogP contribution in [0.25, 0.3) is 0 Å². The lowest BCUT2D eigenvalue weighted by Crippen LogP contribution is -2.87. The quantitative estimate of drug-likeness (QED) is 0.306. The first kappa shape index (κ1) is 23.9. The van der Waals surface area contributed by atoms with Gasteiger partial charge in [0.1, 0.15) is 12.2 Å². The summed E-state index contributed by atoms with van der Waals surface area (Å²) in [5.41, 5.74) is -10.4. The minimum Gasteiger partial charge on any atom is -0.382 e. The maximum Gasteiger partial charge on any atom is 0.213 e. The largest absolute Gasteiger partial charge is 0.382 e. The second-order valence-electron chi connectivity index (χ2n) is 5.88. The fourth-order valence-electron chi connectivity index (χ4n) is 2.95. The Morgan fingerprint density at radius 1 is 0.880 bits per heavy atom. The molecule has 0 bridgehead atoms. The van der Waals surface area contributed by atoms with Gasteiger partial charge in [-0.1, -0.05) is 0 Å². The molecule has 0 spiro atoms. The normalized spacial score (nSPS) is 39.1. The Balaban J connectivity index is 0.00000576. The monoisotopic (exact) mass is 428 g/mol. The molecule has 0 saturated carbocycles. The van der Waals surface area contributed by atoms with Crippen LogP contribution in [-0.2, 0) is 23.9 Å². The lowest BCUT2D eigenvalue weighted by atomic mass is 9.60. The molecule has 1 aliphatic heterocycles. The SMILES string of the molecule is Br.CC(=O)C(O)[C@H]1O[C@H](O)[C@](O)(C(C)=O)[C@](O)(C(C)=O)[C@@]1(O)C(C)=O. The first-order chi connectivity index (χ1) is 10.7. The fraction of sp³-hybridized carbons (Fsp3) is 0.714. The third-order valence-corrected chi connectivity index (χ3v) is 4.43. The lowest BCUT2D eigenvalue weighted by molar-refractivity contribution is -0.364. The van der Waals surface area contributed by atoms with Gasteiger partial charge in [-0.2, -0.15) is 0 Å². The van der Waals surface area contributed by atoms with Crippen molar-refractivity contribution < 1.29 is 49.4 Å². The van der Waals surface area contributed by atoms with Crippen LogP contribution in [-0.4, -0.2) is 84.0 Å². The zero-order valence-electron chi connectivity index (χ0n) is 13.9. The van der Waals surface area contributed by atoms with Gasteiger partial charge >= 0.3 is 0 Å². The summed E-state index contributed by atoms with van der Waals surface area (Å²) < 4.78 is 4.74. The molecule has 1 saturated heterocycles. The Morgan fingerprint density at radius 3 is 1.56 bits per heavy atom. The van der Waals surface area contributed by atoms with E-state index in [4.69, 9.17) is 4.74 Å². The number of hydrogen-bond acceptors (Lipinski definition) is 10. The van der Waals surface area contributed by atoms with E-state index >= 15 is 0 Å². The average molecular weight is 429 g/mol. The topological polar surface area (TPSA) is 179 Å². The van der Waals surface area contributed by atoms with Crippen molar-refractivity contribution in [3.8, 4) is 0 Å². The summed E-state index contributed by atoms with van der Waals surface area (Å²) in [4.78, 5) is 47.3. The van der Waals surface area contributed by atoms with Gasteiger partial charge in [-0.3, -0.25) is 19.2 Å². The number of carbonyl (C=O) groups is 4. The predicted octanol–water partition coefficient (Wildman–Crippen LogP) is -2.81. The molecule has 1 rings (SSSR count). The molecule has 0 aliphatic carbocycles. The molecule has 0 aromatic heterocycles. The zero-order chi connectivity index (χ0) is 19.2. The van der Waals surface area contributed by atoms with Crippen LogP contribution in [0.4, 0.5) is 0 Å². The molecule has 144 valence electrons. The van der Waals surface area contributed by atoms with Crippen LogP contribution in [0.5, 0.6) is 0 Å². The molecule has 1 fully saturated rings. The first-order valence-corrected chi connectivity index (χ1v) is 6.92. The van der Waals surface area contributed by atoms with Crippen LogP contribution in [0.15, 0.2) is 0 Å². The predicted molar refractivity (Wildman–Crippen MR) is 84.8 cm³/mol. The van der Waals surface area contributed by atoms with Gasteiger partial charge in [0.2, 0.25) is 11.2 Å². The number of hydrogen-bond donors (Lipinski definition) is 5. The van der Waals surface area contributed by atoms with E-state index in [1.165, 1.54) is 0 Å². The van der Waals surface area contributed by atoms with Crippen molar-refractivity contribution in [3.63, 3.8) is 0 Å². The minimum atomic E-state index is -3.57. The van der Waals surface area contributed by atoms with Gasteiger partial charge in [0, 0.05) is 0 Å². The van der Waals surface area contributed by atoms with Gasteiger partial charge in [0.05, 0.1) is 0 Å². The summed E-state index contributed by atoms with van der Waals surface area (Å²) in [5.74, 6) is -5.24. The average Bonchev–Trinajstić information content (AvgIpc) is 2.46. The summed E-state index contributed by atoms with van der Waals surface area (Å²) in [7, 11) is 0. The molecule has 6 atom stereocenters. The highest BCUT2D eigenvalue weighted by atomic mass is 79.9. The van der Waals surface area contributed by atoms with Crippen molar-refractivity contribution in [2.45, 2.75) is 63.0 Å². The molecule has 25 heavy (non-hydrogen) atoms. The molecule has 1 aliphatic rings. The summed E-state index contributed by atoms with van der Waals surface area (Å²) >= 11 is 0. The number of ketones is 4. The van der Waals surface area contributed by atoms with E-state index in [9.17, 15) is 44.7 Å². The second-order valence-corrected chi connectivity index (χ2v) is 5.88. The van der Waals surface area contributed by atoms with Gasteiger partial charge < -0.3 is 30.3 Å². The van der Waals surface area contributed by atoms with Crippen molar-refractivity contribution in [2.24, 2.45) is 0 Å². The van der Waals surface area contributed by atoms with Crippen molar-refractivity contribution >= 4 is 40.1 Å². The number of ether oxygens (including phenoxy) is 1. The highest BCUT2D eigenvalue weighted by molar-refractivity contribution is 8.93. The number of Topliss-reactive ketones (excluding diaryl/α,β-unsaturated/α-hetero) is 4. The Kier molecular flexibility index (Phi) is 6.96. The van der Waals surface area contributed by atoms with E-state index < -0.39 is 58.4 Å². The maximum atomic E-state index is 12.0. The summed E-state index contributed by atoms with van der Waals surface area (Å²) in [6, 6.07) is 0. The molecule has 5 N–H and O–H groups in total. The fourth-order valence-corrected chi connectivity index (χ4v) is 2.95. The van der Waals surface area contributed by atoms with Gasteiger partial charge in [-0.15, -0.1) is 17.0 Å². The molecule has 10 nitrogen and oxygen atoms in total. The lowest BCUT2D eigenvalue weighted by Gasteiger charge is -2.57. The van der Waals surface area contributed by atoms with Crippen LogP contribution in [0.2, 0.25) is 0 Å². The molecule has 1 heterocycles. The van der Waals surface area contributed by atoms with Gasteiger partial charge in [-0.05, 0) is 27.7 Å². The summed E-state index contributed by atoms with van der Waals surface area (Å²) in [5, 5.41) is 51.8. The molecule has 0 amide bonds. The zero-order valence-corrected chi connectivity index (χ0v) is 15.6. The van der Waals surface area contributed by atoms with Crippen molar-refractivity contribution in [1.29, 1.82) is 0 Å². The van der Waals surface area contributed by atoms with E-state index in [1.807, 2.05) is 0 Å². The number of carbonyl (C=O) groups excluding carboxylic acids is 4. The molecule has 1 unspecified atom stereocenters. The van der Waals surface area contributed by atoms with Gasteiger partial charge in [0.15, 0.2) is 35.0 Å². The van der Waals surface area contributed by atoms with E-state index in [0.717, 1.165) is 6.92 Å². The number of aliphatic hydroxyl groups excluding tert-OH is 2. The van der Waals surface area contributed by atoms with E-state index in [2.05, 4.69) is 0 Å². The van der Waals surface area contributed by atoms with Crippen LogP contribution in [0.1, 0.15) is 27.7 Å². The maximum absolute atomic E-state index is 12.0. The Labute approximate surface area is 153 Å². The van der Waals surface area contributed by atoms with Crippen LogP contribution in [0, 0.1) is 0 Å². The van der Waals surface area contributed by atoms with Gasteiger partial charge in [0.25, 0.3) is 0 Å². The Morgan fingerprint density at radius 2 is 1.28 bits per heavy atom. The van der Waals surface area contributed by atoms with E-state index in [-0.39, 0.29) is 17.0 Å². The van der Waals surface area contributed by atoms with Crippen molar-refractivity contribution in [2.75, 3.05) is 0 Å². The first-order valence-electron chi connectivity index (χ1n) is 6.92. The van der Waals surface area contributed by atoms with Gasteiger partial charge in [-0.25, -0.2) is 0 Å². The molecular weight excluding hydrogens is 408 g/mol. The van der Waals surface area contributed by atoms with Crippen molar-refractivity contribution in [1.82, 2.24) is 0 Å². The Bertz CT molecular complexity index is 606. The highest BCUT2D eigenvalue weighted by Gasteiger charge is 2.79. The number of aliphatic hydroxyl groups is 5. The third kappa shape index (κ3) is 2.89. The molecule has 0 aromatic rings. The second kappa shape index (κ2) is 7.27.